The van der Waals surface area contributed by atoms with Crippen LogP contribution in [0.2, 0.25) is 0 Å². The molecule has 2 unspecified atom stereocenters. The standard InChI is InChI=1S/C35H43N5O3/c1-21-15-24(3-9-29(21)34(41)38-27-5-6-27)26-17-31(36-18-23-11-13-43-14-12-23)33-37-19-32(40(33)20-26)25-4-10-30(22(2)16-25)35(42)39-28-7-8-28/h3-4,9-10,15-17,19-20,23,27-28,33,35-37,39,42H,5-8,11-14,18H2,1-2H3,(H,38,41). The van der Waals surface area contributed by atoms with Gasteiger partial charge in [0.1, 0.15) is 12.4 Å². The highest BCUT2D eigenvalue weighted by Crippen LogP contribution is 2.36. The number of aryl methyl sites for hydroxylation is 2. The zero-order valence-electron chi connectivity index (χ0n) is 25.2. The Morgan fingerprint density at radius 2 is 1.74 bits per heavy atom. The van der Waals surface area contributed by atoms with Crippen molar-refractivity contribution in [3.8, 4) is 0 Å². The lowest BCUT2D eigenvalue weighted by molar-refractivity contribution is 0.0667. The van der Waals surface area contributed by atoms with E-state index in [1.54, 1.807) is 0 Å². The molecule has 3 heterocycles. The van der Waals surface area contributed by atoms with Crippen molar-refractivity contribution in [3.63, 3.8) is 0 Å². The number of hydrogen-bond donors (Lipinski definition) is 5. The summed E-state index contributed by atoms with van der Waals surface area (Å²) in [7, 11) is 0. The number of hydrogen-bond acceptors (Lipinski definition) is 7. The number of allylic oxidation sites excluding steroid dienone is 2. The van der Waals surface area contributed by atoms with Gasteiger partial charge in [0, 0.05) is 49.8 Å². The molecule has 1 saturated heterocycles. The van der Waals surface area contributed by atoms with Crippen LogP contribution in [0.1, 0.15) is 82.9 Å². The van der Waals surface area contributed by atoms with E-state index in [9.17, 15) is 9.90 Å². The van der Waals surface area contributed by atoms with Crippen LogP contribution in [0.25, 0.3) is 11.3 Å². The first kappa shape index (κ1) is 28.2. The molecule has 5 N–H and O–H groups in total. The number of nitrogens with one attached hydrogen (secondary N) is 4. The van der Waals surface area contributed by atoms with Crippen LogP contribution in [-0.4, -0.2) is 53.9 Å². The first-order valence-electron chi connectivity index (χ1n) is 15.9. The van der Waals surface area contributed by atoms with Crippen LogP contribution < -0.4 is 21.3 Å². The average molecular weight is 582 g/mol. The second-order valence-corrected chi connectivity index (χ2v) is 12.8. The highest BCUT2D eigenvalue weighted by atomic mass is 16.5. The molecule has 43 heavy (non-hydrogen) atoms. The van der Waals surface area contributed by atoms with Crippen LogP contribution in [0, 0.1) is 19.8 Å². The van der Waals surface area contributed by atoms with Gasteiger partial charge in [-0.15, -0.1) is 0 Å². The van der Waals surface area contributed by atoms with E-state index in [1.807, 2.05) is 19.1 Å². The number of carbonyl (C=O) groups excluding carboxylic acids is 1. The topological polar surface area (TPSA) is 97.9 Å². The summed E-state index contributed by atoms with van der Waals surface area (Å²) in [5.74, 6) is 0.604. The molecule has 1 amide bonds. The Bertz CT molecular complexity index is 1480. The van der Waals surface area contributed by atoms with Gasteiger partial charge in [0.25, 0.3) is 5.91 Å². The molecule has 8 nitrogen and oxygen atoms in total. The zero-order chi connectivity index (χ0) is 29.5. The minimum Gasteiger partial charge on any atom is -0.385 e. The maximum atomic E-state index is 12.8. The molecule has 7 rings (SSSR count). The summed E-state index contributed by atoms with van der Waals surface area (Å²) >= 11 is 0. The van der Waals surface area contributed by atoms with Gasteiger partial charge in [-0.25, -0.2) is 0 Å². The fourth-order valence-electron chi connectivity index (χ4n) is 6.31. The van der Waals surface area contributed by atoms with Crippen molar-refractivity contribution in [2.24, 2.45) is 5.92 Å². The molecule has 2 atom stereocenters. The highest BCUT2D eigenvalue weighted by Gasteiger charge is 2.33. The molecule has 3 fully saturated rings. The third kappa shape index (κ3) is 6.23. The SMILES string of the molecule is Cc1cc(C2=CN3C(c4ccc(C(O)NC5CC5)c(C)c4)=CNC3C(NCC3CCOCC3)=C2)ccc1C(=O)NC1CC1. The smallest absolute Gasteiger partial charge is 0.251 e. The number of fused-ring (bicyclic) bond motifs is 1. The molecule has 3 aliphatic heterocycles. The molecule has 2 aromatic rings. The lowest BCUT2D eigenvalue weighted by atomic mass is 9.96. The average Bonchev–Trinajstić information content (AvgIpc) is 3.95. The molecule has 0 spiro atoms. The summed E-state index contributed by atoms with van der Waals surface area (Å²) < 4.78 is 5.59. The quantitative estimate of drug-likeness (QED) is 0.265. The van der Waals surface area contributed by atoms with Gasteiger partial charge in [0.15, 0.2) is 0 Å². The summed E-state index contributed by atoms with van der Waals surface area (Å²) in [5.41, 5.74) is 9.18. The molecule has 2 saturated carbocycles. The van der Waals surface area contributed by atoms with Crippen molar-refractivity contribution >= 4 is 17.2 Å². The lowest BCUT2D eigenvalue weighted by Crippen LogP contribution is -2.43. The van der Waals surface area contributed by atoms with Crippen molar-refractivity contribution < 1.29 is 14.6 Å². The molecule has 2 aromatic carbocycles. The van der Waals surface area contributed by atoms with E-state index in [4.69, 9.17) is 4.74 Å². The summed E-state index contributed by atoms with van der Waals surface area (Å²) in [6.45, 7) is 6.65. The van der Waals surface area contributed by atoms with Gasteiger partial charge in [-0.3, -0.25) is 10.1 Å². The summed E-state index contributed by atoms with van der Waals surface area (Å²) in [6.07, 6.45) is 12.4. The predicted molar refractivity (Wildman–Crippen MR) is 168 cm³/mol. The number of carbonyl (C=O) groups is 1. The Morgan fingerprint density at radius 3 is 2.47 bits per heavy atom. The van der Waals surface area contributed by atoms with E-state index in [-0.39, 0.29) is 12.1 Å². The Labute approximate surface area is 254 Å². The number of ether oxygens (including phenoxy) is 1. The fraction of sp³-hybridized carbons (Fsp3) is 0.457. The Hall–Kier alpha value is -3.59. The van der Waals surface area contributed by atoms with Crippen LogP contribution in [0.5, 0.6) is 0 Å². The third-order valence-electron chi connectivity index (χ3n) is 9.30. The molecular weight excluding hydrogens is 538 g/mol. The number of amides is 1. The van der Waals surface area contributed by atoms with E-state index in [0.717, 1.165) is 109 Å². The maximum absolute atomic E-state index is 12.8. The third-order valence-corrected chi connectivity index (χ3v) is 9.30. The van der Waals surface area contributed by atoms with E-state index in [1.165, 1.54) is 0 Å². The lowest BCUT2D eigenvalue weighted by Gasteiger charge is -2.34. The minimum absolute atomic E-state index is 0.0174. The van der Waals surface area contributed by atoms with Crippen molar-refractivity contribution in [1.29, 1.82) is 0 Å². The Kier molecular flexibility index (Phi) is 7.76. The Morgan fingerprint density at radius 1 is 1.00 bits per heavy atom. The molecule has 0 radical (unpaired) electrons. The van der Waals surface area contributed by atoms with Crippen molar-refractivity contribution in [2.45, 2.75) is 76.8 Å². The second-order valence-electron chi connectivity index (χ2n) is 12.8. The van der Waals surface area contributed by atoms with Gasteiger partial charge >= 0.3 is 0 Å². The number of aliphatic hydroxyl groups excluding tert-OH is 1. The molecule has 0 aromatic heterocycles. The van der Waals surface area contributed by atoms with E-state index < -0.39 is 6.23 Å². The second kappa shape index (κ2) is 11.8. The van der Waals surface area contributed by atoms with Crippen LogP contribution in [0.4, 0.5) is 0 Å². The predicted octanol–water partition coefficient (Wildman–Crippen LogP) is 4.42. The van der Waals surface area contributed by atoms with E-state index in [2.05, 4.69) is 75.8 Å². The summed E-state index contributed by atoms with van der Waals surface area (Å²) in [4.78, 5) is 15.1. The van der Waals surface area contributed by atoms with Gasteiger partial charge in [-0.05, 0) is 110 Å². The maximum Gasteiger partial charge on any atom is 0.251 e. The highest BCUT2D eigenvalue weighted by molar-refractivity contribution is 5.96. The zero-order valence-corrected chi connectivity index (χ0v) is 25.2. The van der Waals surface area contributed by atoms with Gasteiger partial charge in [0.05, 0.1) is 11.4 Å². The molecule has 2 aliphatic carbocycles. The number of aliphatic hydroxyl groups is 1. The van der Waals surface area contributed by atoms with Crippen LogP contribution in [0.15, 0.2) is 60.6 Å². The number of rotatable bonds is 10. The van der Waals surface area contributed by atoms with Crippen molar-refractivity contribution in [2.75, 3.05) is 19.8 Å². The molecule has 8 heteroatoms. The van der Waals surface area contributed by atoms with E-state index >= 15 is 0 Å². The van der Waals surface area contributed by atoms with Gasteiger partial charge < -0.3 is 30.7 Å². The number of nitrogens with zero attached hydrogens (tertiary/aromatic N) is 1. The monoisotopic (exact) mass is 581 g/mol. The first-order chi connectivity index (χ1) is 20.9. The molecule has 226 valence electrons. The van der Waals surface area contributed by atoms with Gasteiger partial charge in [0.2, 0.25) is 0 Å². The first-order valence-corrected chi connectivity index (χ1v) is 15.9. The van der Waals surface area contributed by atoms with Crippen LogP contribution in [0.3, 0.4) is 0 Å². The van der Waals surface area contributed by atoms with Gasteiger partial charge in [-0.1, -0.05) is 24.3 Å². The van der Waals surface area contributed by atoms with Gasteiger partial charge in [-0.2, -0.15) is 0 Å². The Balaban J connectivity index is 1.16. The van der Waals surface area contributed by atoms with Crippen LogP contribution >= 0.6 is 0 Å². The van der Waals surface area contributed by atoms with Crippen molar-refractivity contribution in [3.05, 3.63) is 94.0 Å². The molecule has 5 aliphatic rings. The normalized spacial score (nSPS) is 22.6. The largest absolute Gasteiger partial charge is 0.385 e. The summed E-state index contributed by atoms with van der Waals surface area (Å²) in [6, 6.07) is 13.2. The van der Waals surface area contributed by atoms with Crippen LogP contribution in [-0.2, 0) is 4.74 Å². The summed E-state index contributed by atoms with van der Waals surface area (Å²) in [5, 5.41) is 24.6. The van der Waals surface area contributed by atoms with E-state index in [0.29, 0.717) is 18.0 Å². The molecule has 0 bridgehead atoms. The van der Waals surface area contributed by atoms with Crippen molar-refractivity contribution in [1.82, 2.24) is 26.2 Å². The molecular formula is C35H43N5O3. The fourth-order valence-corrected chi connectivity index (χ4v) is 6.31. The number of benzene rings is 2. The minimum atomic E-state index is -0.645.